The fraction of sp³-hybridized carbons (Fsp3) is 0.333. The second-order valence-corrected chi connectivity index (χ2v) is 8.22. The van der Waals surface area contributed by atoms with Crippen LogP contribution < -0.4 is 9.47 Å². The van der Waals surface area contributed by atoms with Gasteiger partial charge in [0.2, 0.25) is 0 Å². The minimum Gasteiger partial charge on any atom is -0.490 e. The SMILES string of the molecule is CCOc1cc(/C=C2/SC(=O)N([C@@H](C)CC)C2=O)ccc1OCc1cccc(C)c1. The third kappa shape index (κ3) is 5.05. The maximum Gasteiger partial charge on any atom is 0.293 e. The molecule has 1 heterocycles. The molecule has 0 radical (unpaired) electrons. The van der Waals surface area contributed by atoms with Crippen LogP contribution in [-0.4, -0.2) is 28.7 Å². The largest absolute Gasteiger partial charge is 0.490 e. The van der Waals surface area contributed by atoms with Crippen LogP contribution in [0.2, 0.25) is 0 Å². The number of nitrogens with zero attached hydrogens (tertiary/aromatic N) is 1. The molecule has 0 spiro atoms. The molecule has 0 N–H and O–H groups in total. The normalized spacial score (nSPS) is 16.3. The molecule has 0 aliphatic carbocycles. The number of carbonyl (C=O) groups is 2. The lowest BCUT2D eigenvalue weighted by Gasteiger charge is -2.19. The van der Waals surface area contributed by atoms with Gasteiger partial charge in [0.05, 0.1) is 11.5 Å². The van der Waals surface area contributed by atoms with Crippen LogP contribution in [0.5, 0.6) is 11.5 Å². The predicted molar refractivity (Wildman–Crippen MR) is 121 cm³/mol. The molecular formula is C24H27NO4S. The third-order valence-corrected chi connectivity index (χ3v) is 5.78. The van der Waals surface area contributed by atoms with E-state index < -0.39 is 0 Å². The molecule has 1 saturated heterocycles. The maximum absolute atomic E-state index is 12.6. The zero-order chi connectivity index (χ0) is 21.7. The van der Waals surface area contributed by atoms with Gasteiger partial charge in [-0.05, 0) is 68.3 Å². The smallest absolute Gasteiger partial charge is 0.293 e. The molecule has 30 heavy (non-hydrogen) atoms. The summed E-state index contributed by atoms with van der Waals surface area (Å²) in [4.78, 5) is 26.6. The molecule has 5 nitrogen and oxygen atoms in total. The minimum atomic E-state index is -0.239. The van der Waals surface area contributed by atoms with Crippen LogP contribution in [0.25, 0.3) is 6.08 Å². The van der Waals surface area contributed by atoms with Crippen LogP contribution in [0, 0.1) is 6.92 Å². The molecule has 1 fully saturated rings. The molecule has 0 aromatic heterocycles. The summed E-state index contributed by atoms with van der Waals surface area (Å²) in [5, 5.41) is -0.219. The molecule has 2 aromatic carbocycles. The second kappa shape index (κ2) is 9.85. The molecule has 2 amide bonds. The van der Waals surface area contributed by atoms with Crippen molar-refractivity contribution in [1.29, 1.82) is 0 Å². The number of benzene rings is 2. The number of amides is 2. The van der Waals surface area contributed by atoms with Crippen LogP contribution in [0.4, 0.5) is 4.79 Å². The summed E-state index contributed by atoms with van der Waals surface area (Å²) >= 11 is 0.979. The zero-order valence-electron chi connectivity index (χ0n) is 17.8. The van der Waals surface area contributed by atoms with Crippen molar-refractivity contribution >= 4 is 29.0 Å². The first kappa shape index (κ1) is 22.0. The topological polar surface area (TPSA) is 55.8 Å². The van der Waals surface area contributed by atoms with Gasteiger partial charge in [0, 0.05) is 6.04 Å². The molecular weight excluding hydrogens is 398 g/mol. The van der Waals surface area contributed by atoms with Crippen LogP contribution in [0.15, 0.2) is 47.4 Å². The van der Waals surface area contributed by atoms with Gasteiger partial charge in [-0.3, -0.25) is 14.5 Å². The highest BCUT2D eigenvalue weighted by Crippen LogP contribution is 2.36. The third-order valence-electron chi connectivity index (χ3n) is 4.90. The Morgan fingerprint density at radius 1 is 1.07 bits per heavy atom. The molecule has 0 unspecified atom stereocenters. The summed E-state index contributed by atoms with van der Waals surface area (Å²) in [5.74, 6) is 1.01. The van der Waals surface area contributed by atoms with Crippen molar-refractivity contribution in [3.63, 3.8) is 0 Å². The summed E-state index contributed by atoms with van der Waals surface area (Å²) in [5.41, 5.74) is 3.05. The summed E-state index contributed by atoms with van der Waals surface area (Å²) in [7, 11) is 0. The lowest BCUT2D eigenvalue weighted by atomic mass is 10.1. The number of hydrogen-bond acceptors (Lipinski definition) is 5. The number of ether oxygens (including phenoxy) is 2. The van der Waals surface area contributed by atoms with Gasteiger partial charge in [-0.25, -0.2) is 0 Å². The zero-order valence-corrected chi connectivity index (χ0v) is 18.6. The maximum atomic E-state index is 12.6. The Morgan fingerprint density at radius 3 is 2.57 bits per heavy atom. The van der Waals surface area contributed by atoms with Crippen molar-refractivity contribution in [2.24, 2.45) is 0 Å². The second-order valence-electron chi connectivity index (χ2n) is 7.23. The molecule has 158 valence electrons. The lowest BCUT2D eigenvalue weighted by molar-refractivity contribution is -0.124. The van der Waals surface area contributed by atoms with E-state index in [1.54, 1.807) is 6.08 Å². The van der Waals surface area contributed by atoms with Gasteiger partial charge in [-0.2, -0.15) is 0 Å². The van der Waals surface area contributed by atoms with E-state index >= 15 is 0 Å². The Labute approximate surface area is 182 Å². The molecule has 1 atom stereocenters. The van der Waals surface area contributed by atoms with E-state index in [1.165, 1.54) is 10.5 Å². The summed E-state index contributed by atoms with van der Waals surface area (Å²) < 4.78 is 11.7. The van der Waals surface area contributed by atoms with E-state index in [1.807, 2.05) is 64.1 Å². The molecule has 0 bridgehead atoms. The van der Waals surface area contributed by atoms with Gasteiger partial charge in [-0.1, -0.05) is 42.8 Å². The van der Waals surface area contributed by atoms with Crippen molar-refractivity contribution < 1.29 is 19.1 Å². The molecule has 1 aliphatic rings. The molecule has 6 heteroatoms. The van der Waals surface area contributed by atoms with Gasteiger partial charge >= 0.3 is 0 Å². The van der Waals surface area contributed by atoms with Gasteiger partial charge < -0.3 is 9.47 Å². The lowest BCUT2D eigenvalue weighted by Crippen LogP contribution is -2.36. The Morgan fingerprint density at radius 2 is 1.87 bits per heavy atom. The van der Waals surface area contributed by atoms with Crippen molar-refractivity contribution in [3.8, 4) is 11.5 Å². The number of hydrogen-bond donors (Lipinski definition) is 0. The molecule has 3 rings (SSSR count). The first-order valence-corrected chi connectivity index (χ1v) is 11.0. The first-order valence-electron chi connectivity index (χ1n) is 10.1. The summed E-state index contributed by atoms with van der Waals surface area (Å²) in [6, 6.07) is 13.6. The van der Waals surface area contributed by atoms with Crippen LogP contribution in [0.3, 0.4) is 0 Å². The standard InChI is InChI=1S/C24H27NO4S/c1-5-17(4)25-23(26)22(30-24(25)27)14-18-10-11-20(21(13-18)28-6-2)29-15-19-9-7-8-16(3)12-19/h7-14,17H,5-6,15H2,1-4H3/b22-14+/t17-/m0/s1. The van der Waals surface area contributed by atoms with E-state index in [0.717, 1.165) is 29.3 Å². The van der Waals surface area contributed by atoms with Gasteiger partial charge in [0.25, 0.3) is 11.1 Å². The Hall–Kier alpha value is -2.73. The highest BCUT2D eigenvalue weighted by atomic mass is 32.2. The molecule has 1 aliphatic heterocycles. The quantitative estimate of drug-likeness (QED) is 0.500. The van der Waals surface area contributed by atoms with E-state index in [-0.39, 0.29) is 17.2 Å². The number of carbonyl (C=O) groups excluding carboxylic acids is 2. The van der Waals surface area contributed by atoms with Crippen molar-refractivity contribution in [3.05, 3.63) is 64.1 Å². The number of imide groups is 1. The summed E-state index contributed by atoms with van der Waals surface area (Å²) in [6.07, 6.45) is 2.47. The first-order chi connectivity index (χ1) is 14.4. The monoisotopic (exact) mass is 425 g/mol. The molecule has 0 saturated carbocycles. The minimum absolute atomic E-state index is 0.111. The van der Waals surface area contributed by atoms with Crippen LogP contribution in [0.1, 0.15) is 43.9 Å². The highest BCUT2D eigenvalue weighted by Gasteiger charge is 2.37. The van der Waals surface area contributed by atoms with Gasteiger partial charge in [0.1, 0.15) is 6.61 Å². The number of aryl methyl sites for hydroxylation is 1. The number of rotatable bonds is 8. The van der Waals surface area contributed by atoms with E-state index in [0.29, 0.717) is 29.6 Å². The Kier molecular flexibility index (Phi) is 7.21. The van der Waals surface area contributed by atoms with Crippen molar-refractivity contribution in [1.82, 2.24) is 4.90 Å². The molecule has 2 aromatic rings. The summed E-state index contributed by atoms with van der Waals surface area (Å²) in [6.45, 7) is 8.74. The van der Waals surface area contributed by atoms with Gasteiger partial charge in [-0.15, -0.1) is 0 Å². The fourth-order valence-electron chi connectivity index (χ4n) is 3.16. The Bertz CT molecular complexity index is 969. The average Bonchev–Trinajstić information content (AvgIpc) is 3.00. The van der Waals surface area contributed by atoms with Crippen LogP contribution in [-0.2, 0) is 11.4 Å². The average molecular weight is 426 g/mol. The van der Waals surface area contributed by atoms with E-state index in [4.69, 9.17) is 9.47 Å². The van der Waals surface area contributed by atoms with Crippen molar-refractivity contribution in [2.75, 3.05) is 6.61 Å². The van der Waals surface area contributed by atoms with Crippen LogP contribution >= 0.6 is 11.8 Å². The Balaban J connectivity index is 1.80. The van der Waals surface area contributed by atoms with E-state index in [2.05, 4.69) is 6.07 Å². The fourth-order valence-corrected chi connectivity index (χ4v) is 4.09. The van der Waals surface area contributed by atoms with E-state index in [9.17, 15) is 9.59 Å². The number of thioether (sulfide) groups is 1. The van der Waals surface area contributed by atoms with Gasteiger partial charge in [0.15, 0.2) is 11.5 Å². The van der Waals surface area contributed by atoms with Crippen molar-refractivity contribution in [2.45, 2.75) is 46.8 Å². The predicted octanol–water partition coefficient (Wildman–Crippen LogP) is 5.81. The highest BCUT2D eigenvalue weighted by molar-refractivity contribution is 8.18.